The van der Waals surface area contributed by atoms with E-state index in [4.69, 9.17) is 38.7 Å². The first-order chi connectivity index (χ1) is 13.6. The molecule has 0 unspecified atom stereocenters. The molecule has 0 spiro atoms. The zero-order valence-corrected chi connectivity index (χ0v) is 17.1. The SMILES string of the molecule is N[C@H]1C[C@@H]2CN(c3cnc4nc(Sc5cccc(Cl)c5Cl)ccc4n3)C[C@H]1O2. The molecular weight excluding hydrogens is 417 g/mol. The van der Waals surface area contributed by atoms with E-state index >= 15 is 0 Å². The normalized spacial score (nSPS) is 24.1. The van der Waals surface area contributed by atoms with Crippen LogP contribution in [0.25, 0.3) is 11.2 Å². The van der Waals surface area contributed by atoms with Crippen LogP contribution in [-0.2, 0) is 4.74 Å². The number of morpholine rings is 1. The molecule has 0 aliphatic carbocycles. The highest BCUT2D eigenvalue weighted by atomic mass is 35.5. The number of nitrogens with two attached hydrogens (primary N) is 1. The van der Waals surface area contributed by atoms with Gasteiger partial charge < -0.3 is 15.4 Å². The summed E-state index contributed by atoms with van der Waals surface area (Å²) >= 11 is 13.8. The number of fused-ring (bicyclic) bond motifs is 3. The number of benzene rings is 1. The predicted octanol–water partition coefficient (Wildman–Crippen LogP) is 3.79. The van der Waals surface area contributed by atoms with Gasteiger partial charge in [0, 0.05) is 24.0 Å². The van der Waals surface area contributed by atoms with Gasteiger partial charge in [0.05, 0.1) is 28.5 Å². The van der Waals surface area contributed by atoms with E-state index in [1.54, 1.807) is 12.3 Å². The number of hydrogen-bond donors (Lipinski definition) is 1. The van der Waals surface area contributed by atoms with Gasteiger partial charge in [0.2, 0.25) is 0 Å². The molecular formula is C19H17Cl2N5OS. The molecule has 6 nitrogen and oxygen atoms in total. The average molecular weight is 434 g/mol. The molecule has 3 atom stereocenters. The van der Waals surface area contributed by atoms with Crippen LogP contribution < -0.4 is 10.6 Å². The lowest BCUT2D eigenvalue weighted by molar-refractivity contribution is 0.0269. The van der Waals surface area contributed by atoms with Gasteiger partial charge in [-0.2, -0.15) is 0 Å². The maximum Gasteiger partial charge on any atom is 0.179 e. The van der Waals surface area contributed by atoms with Crippen LogP contribution in [0.15, 0.2) is 46.5 Å². The Morgan fingerprint density at radius 3 is 2.89 bits per heavy atom. The highest BCUT2D eigenvalue weighted by Gasteiger charge is 2.39. The summed E-state index contributed by atoms with van der Waals surface area (Å²) in [6.45, 7) is 1.53. The van der Waals surface area contributed by atoms with Gasteiger partial charge in [0.15, 0.2) is 5.65 Å². The molecule has 144 valence electrons. The quantitative estimate of drug-likeness (QED) is 0.672. The van der Waals surface area contributed by atoms with Gasteiger partial charge in [0.1, 0.15) is 16.4 Å². The number of hydrogen-bond acceptors (Lipinski definition) is 7. The number of ether oxygens (including phenoxy) is 1. The molecule has 28 heavy (non-hydrogen) atoms. The maximum atomic E-state index is 6.27. The number of anilines is 1. The van der Waals surface area contributed by atoms with Gasteiger partial charge in [-0.3, -0.25) is 0 Å². The zero-order valence-electron chi connectivity index (χ0n) is 14.8. The van der Waals surface area contributed by atoms with Crippen LogP contribution in [0.1, 0.15) is 6.42 Å². The molecule has 4 heterocycles. The lowest BCUT2D eigenvalue weighted by atomic mass is 10.1. The van der Waals surface area contributed by atoms with Crippen LogP contribution in [-0.4, -0.2) is 46.3 Å². The van der Waals surface area contributed by atoms with Gasteiger partial charge in [-0.15, -0.1) is 0 Å². The second-order valence-electron chi connectivity index (χ2n) is 6.98. The molecule has 2 aliphatic rings. The first-order valence-electron chi connectivity index (χ1n) is 8.98. The highest BCUT2D eigenvalue weighted by Crippen LogP contribution is 2.36. The molecule has 5 rings (SSSR count). The van der Waals surface area contributed by atoms with Crippen molar-refractivity contribution in [3.05, 3.63) is 46.6 Å². The van der Waals surface area contributed by atoms with E-state index in [-0.39, 0.29) is 18.2 Å². The Hall–Kier alpha value is -1.64. The van der Waals surface area contributed by atoms with E-state index in [9.17, 15) is 0 Å². The van der Waals surface area contributed by atoms with Crippen molar-refractivity contribution in [2.45, 2.75) is 34.6 Å². The van der Waals surface area contributed by atoms with Gasteiger partial charge in [0.25, 0.3) is 0 Å². The molecule has 2 bridgehead atoms. The summed E-state index contributed by atoms with van der Waals surface area (Å²) in [5.74, 6) is 0.833. The van der Waals surface area contributed by atoms with Crippen molar-refractivity contribution in [3.63, 3.8) is 0 Å². The Morgan fingerprint density at radius 2 is 2.04 bits per heavy atom. The van der Waals surface area contributed by atoms with Crippen LogP contribution in [0.3, 0.4) is 0 Å². The van der Waals surface area contributed by atoms with Gasteiger partial charge in [-0.05, 0) is 30.7 Å². The summed E-state index contributed by atoms with van der Waals surface area (Å²) in [4.78, 5) is 16.9. The van der Waals surface area contributed by atoms with E-state index in [0.717, 1.165) is 40.8 Å². The summed E-state index contributed by atoms with van der Waals surface area (Å²) in [5, 5.41) is 1.84. The largest absolute Gasteiger partial charge is 0.370 e. The number of aromatic nitrogens is 3. The van der Waals surface area contributed by atoms with Crippen LogP contribution in [0, 0.1) is 0 Å². The van der Waals surface area contributed by atoms with Crippen LogP contribution in [0.5, 0.6) is 0 Å². The van der Waals surface area contributed by atoms with E-state index in [0.29, 0.717) is 15.7 Å². The molecule has 2 fully saturated rings. The maximum absolute atomic E-state index is 6.27. The monoisotopic (exact) mass is 433 g/mol. The Bertz CT molecular complexity index is 1050. The molecule has 0 amide bonds. The van der Waals surface area contributed by atoms with Gasteiger partial charge in [-0.1, -0.05) is 41.0 Å². The van der Waals surface area contributed by atoms with E-state index < -0.39 is 0 Å². The van der Waals surface area contributed by atoms with Crippen molar-refractivity contribution < 1.29 is 4.74 Å². The van der Waals surface area contributed by atoms with E-state index in [2.05, 4.69) is 14.9 Å². The van der Waals surface area contributed by atoms with Crippen molar-refractivity contribution in [2.24, 2.45) is 5.73 Å². The van der Waals surface area contributed by atoms with Crippen molar-refractivity contribution >= 4 is 51.9 Å². The fourth-order valence-corrected chi connectivity index (χ4v) is 4.95. The predicted molar refractivity (Wildman–Crippen MR) is 111 cm³/mol. The third-order valence-electron chi connectivity index (χ3n) is 5.03. The smallest absolute Gasteiger partial charge is 0.179 e. The average Bonchev–Trinajstić information content (AvgIpc) is 2.96. The molecule has 2 saturated heterocycles. The fourth-order valence-electron chi connectivity index (χ4n) is 3.64. The number of nitrogens with zero attached hydrogens (tertiary/aromatic N) is 4. The molecule has 9 heteroatoms. The standard InChI is InChI=1S/C19H17Cl2N5OS/c20-11-2-1-3-15(18(11)21)28-17-5-4-13-19(25-17)23-7-16(24-13)26-8-10-6-12(22)14(9-26)27-10/h1-5,7,10,12,14H,6,8-9,22H2/t10-,12+,14-/m1/s1. The molecule has 0 saturated carbocycles. The summed E-state index contributed by atoms with van der Waals surface area (Å²) in [7, 11) is 0. The van der Waals surface area contributed by atoms with E-state index in [1.807, 2.05) is 24.3 Å². The van der Waals surface area contributed by atoms with Crippen LogP contribution in [0.2, 0.25) is 10.0 Å². The number of halogens is 2. The van der Waals surface area contributed by atoms with Crippen LogP contribution in [0.4, 0.5) is 5.82 Å². The summed E-state index contributed by atoms with van der Waals surface area (Å²) in [6, 6.07) is 9.49. The van der Waals surface area contributed by atoms with E-state index in [1.165, 1.54) is 11.8 Å². The Morgan fingerprint density at radius 1 is 1.14 bits per heavy atom. The molecule has 2 aliphatic heterocycles. The highest BCUT2D eigenvalue weighted by molar-refractivity contribution is 7.99. The molecule has 3 aromatic rings. The lowest BCUT2D eigenvalue weighted by Gasteiger charge is -2.33. The Kier molecular flexibility index (Phi) is 4.80. The lowest BCUT2D eigenvalue weighted by Crippen LogP contribution is -2.46. The molecule has 2 aromatic heterocycles. The molecule has 1 aromatic carbocycles. The first kappa shape index (κ1) is 18.4. The minimum absolute atomic E-state index is 0.0654. The van der Waals surface area contributed by atoms with Gasteiger partial charge in [-0.25, -0.2) is 15.0 Å². The Balaban J connectivity index is 1.40. The number of rotatable bonds is 3. The summed E-state index contributed by atoms with van der Waals surface area (Å²) in [6.07, 6.45) is 2.91. The minimum atomic E-state index is 0.0654. The second-order valence-corrected chi connectivity index (χ2v) is 8.82. The third-order valence-corrected chi connectivity index (χ3v) is 6.95. The van der Waals surface area contributed by atoms with Crippen molar-refractivity contribution in [1.82, 2.24) is 15.0 Å². The first-order valence-corrected chi connectivity index (χ1v) is 10.6. The molecule has 2 N–H and O–H groups in total. The third kappa shape index (κ3) is 3.42. The fraction of sp³-hybridized carbons (Fsp3) is 0.316. The second kappa shape index (κ2) is 7.31. The Labute approximate surface area is 176 Å². The van der Waals surface area contributed by atoms with Crippen molar-refractivity contribution in [2.75, 3.05) is 18.0 Å². The summed E-state index contributed by atoms with van der Waals surface area (Å²) < 4.78 is 5.89. The number of pyridine rings is 1. The summed E-state index contributed by atoms with van der Waals surface area (Å²) in [5.41, 5.74) is 7.48. The van der Waals surface area contributed by atoms with Crippen LogP contribution >= 0.6 is 35.0 Å². The topological polar surface area (TPSA) is 77.2 Å². The zero-order chi connectivity index (χ0) is 19.3. The minimum Gasteiger partial charge on any atom is -0.370 e. The van der Waals surface area contributed by atoms with Crippen molar-refractivity contribution in [3.8, 4) is 0 Å². The van der Waals surface area contributed by atoms with Gasteiger partial charge >= 0.3 is 0 Å². The van der Waals surface area contributed by atoms with Crippen molar-refractivity contribution in [1.29, 1.82) is 0 Å². The molecule has 0 radical (unpaired) electrons.